The largest absolute Gasteiger partial charge is 0.457 e. The average Bonchev–Trinajstić information content (AvgIpc) is 2.58. The Balaban J connectivity index is 0.00000254. The van der Waals surface area contributed by atoms with Crippen LogP contribution in [0.5, 0.6) is 0 Å². The summed E-state index contributed by atoms with van der Waals surface area (Å²) in [5.41, 5.74) is 0. The SMILES string of the molecule is C=CCCCCCCCC(=O)OC1COC(C)(C(C)O)OC1.CC. The summed E-state index contributed by atoms with van der Waals surface area (Å²) >= 11 is 0. The van der Waals surface area contributed by atoms with Crippen molar-refractivity contribution in [3.8, 4) is 0 Å². The lowest BCUT2D eigenvalue weighted by Gasteiger charge is -2.38. The second kappa shape index (κ2) is 13.4. The van der Waals surface area contributed by atoms with E-state index in [4.69, 9.17) is 14.2 Å². The molecule has 0 aromatic heterocycles. The number of rotatable bonds is 10. The Bertz CT molecular complexity index is 333. The van der Waals surface area contributed by atoms with Gasteiger partial charge >= 0.3 is 5.97 Å². The predicted octanol–water partition coefficient (Wildman–Crippen LogP) is 3.98. The first kappa shape index (κ1) is 23.1. The minimum atomic E-state index is -1.01. The molecule has 1 N–H and O–H groups in total. The summed E-state index contributed by atoms with van der Waals surface area (Å²) in [6, 6.07) is 0. The van der Waals surface area contributed by atoms with Gasteiger partial charge in [0.15, 0.2) is 5.79 Å². The fourth-order valence-corrected chi connectivity index (χ4v) is 2.25. The van der Waals surface area contributed by atoms with E-state index in [9.17, 15) is 9.90 Å². The van der Waals surface area contributed by atoms with Gasteiger partial charge in [-0.05, 0) is 33.1 Å². The number of hydrogen-bond donors (Lipinski definition) is 1. The Morgan fingerprint density at radius 2 is 1.79 bits per heavy atom. The number of hydrogen-bond acceptors (Lipinski definition) is 5. The predicted molar refractivity (Wildman–Crippen MR) is 95.7 cm³/mol. The van der Waals surface area contributed by atoms with Crippen LogP contribution in [0.25, 0.3) is 0 Å². The molecule has 1 unspecified atom stereocenters. The molecule has 0 spiro atoms. The quantitative estimate of drug-likeness (QED) is 0.369. The summed E-state index contributed by atoms with van der Waals surface area (Å²) in [6.45, 7) is 11.5. The van der Waals surface area contributed by atoms with Gasteiger partial charge in [-0.3, -0.25) is 4.79 Å². The first-order chi connectivity index (χ1) is 11.5. The molecule has 24 heavy (non-hydrogen) atoms. The molecule has 142 valence electrons. The lowest BCUT2D eigenvalue weighted by molar-refractivity contribution is -0.316. The van der Waals surface area contributed by atoms with Gasteiger partial charge in [-0.15, -0.1) is 6.58 Å². The van der Waals surface area contributed by atoms with Crippen LogP contribution in [0.4, 0.5) is 0 Å². The van der Waals surface area contributed by atoms with E-state index in [1.54, 1.807) is 13.8 Å². The molecule has 1 fully saturated rings. The van der Waals surface area contributed by atoms with Crippen molar-refractivity contribution in [2.75, 3.05) is 13.2 Å². The molecule has 0 saturated carbocycles. The van der Waals surface area contributed by atoms with E-state index >= 15 is 0 Å². The zero-order chi connectivity index (χ0) is 18.4. The Morgan fingerprint density at radius 1 is 1.25 bits per heavy atom. The molecule has 1 heterocycles. The molecule has 0 aromatic rings. The van der Waals surface area contributed by atoms with Crippen molar-refractivity contribution in [2.24, 2.45) is 0 Å². The second-order valence-electron chi connectivity index (χ2n) is 6.02. The zero-order valence-corrected chi connectivity index (χ0v) is 15.9. The monoisotopic (exact) mass is 344 g/mol. The maximum absolute atomic E-state index is 11.7. The molecular formula is C19H36O5. The third-order valence-corrected chi connectivity index (χ3v) is 3.96. The lowest BCUT2D eigenvalue weighted by atomic mass is 10.1. The number of esters is 1. The average molecular weight is 344 g/mol. The normalized spacial score (nSPS) is 24.5. The molecule has 0 aliphatic carbocycles. The number of unbranched alkanes of at least 4 members (excludes halogenated alkanes) is 5. The molecule has 1 rings (SSSR count). The standard InChI is InChI=1S/C17H30O5.C2H6/c1-4-5-6-7-8-9-10-11-16(19)22-15-12-20-17(3,14(2)18)21-13-15;1-2/h4,14-15,18H,1,5-13H2,2-3H3;1-2H3. The fourth-order valence-electron chi connectivity index (χ4n) is 2.25. The Hall–Kier alpha value is -0.910. The highest BCUT2D eigenvalue weighted by Gasteiger charge is 2.38. The molecule has 0 radical (unpaired) electrons. The molecule has 1 saturated heterocycles. The third kappa shape index (κ3) is 9.40. The van der Waals surface area contributed by atoms with Gasteiger partial charge in [0, 0.05) is 6.42 Å². The van der Waals surface area contributed by atoms with Crippen LogP contribution in [0, 0.1) is 0 Å². The minimum Gasteiger partial charge on any atom is -0.457 e. The van der Waals surface area contributed by atoms with Crippen LogP contribution in [0.15, 0.2) is 12.7 Å². The van der Waals surface area contributed by atoms with Crippen LogP contribution in [0.3, 0.4) is 0 Å². The Kier molecular flexibility index (Phi) is 12.9. The first-order valence-corrected chi connectivity index (χ1v) is 9.24. The van der Waals surface area contributed by atoms with Crippen molar-refractivity contribution in [3.63, 3.8) is 0 Å². The fraction of sp³-hybridized carbons (Fsp3) is 0.842. The maximum atomic E-state index is 11.7. The van der Waals surface area contributed by atoms with E-state index in [2.05, 4.69) is 6.58 Å². The number of ether oxygens (including phenoxy) is 3. The summed E-state index contributed by atoms with van der Waals surface area (Å²) in [4.78, 5) is 11.7. The number of aliphatic hydroxyl groups excluding tert-OH is 1. The van der Waals surface area contributed by atoms with Crippen molar-refractivity contribution < 1.29 is 24.1 Å². The van der Waals surface area contributed by atoms with Crippen molar-refractivity contribution >= 4 is 5.97 Å². The molecule has 0 amide bonds. The summed E-state index contributed by atoms with van der Waals surface area (Å²) in [5, 5.41) is 9.56. The zero-order valence-electron chi connectivity index (χ0n) is 15.9. The van der Waals surface area contributed by atoms with Crippen molar-refractivity contribution in [1.82, 2.24) is 0 Å². The molecular weight excluding hydrogens is 308 g/mol. The van der Waals surface area contributed by atoms with E-state index in [0.29, 0.717) is 6.42 Å². The van der Waals surface area contributed by atoms with Gasteiger partial charge in [-0.2, -0.15) is 0 Å². The Morgan fingerprint density at radius 3 is 2.33 bits per heavy atom. The topological polar surface area (TPSA) is 65.0 Å². The van der Waals surface area contributed by atoms with Crippen molar-refractivity contribution in [1.29, 1.82) is 0 Å². The summed E-state index contributed by atoms with van der Waals surface area (Å²) in [7, 11) is 0. The molecule has 0 bridgehead atoms. The first-order valence-electron chi connectivity index (χ1n) is 9.24. The molecule has 5 heteroatoms. The van der Waals surface area contributed by atoms with E-state index in [1.165, 1.54) is 12.8 Å². The highest BCUT2D eigenvalue weighted by molar-refractivity contribution is 5.69. The third-order valence-electron chi connectivity index (χ3n) is 3.96. The number of carbonyl (C=O) groups excluding carboxylic acids is 1. The van der Waals surface area contributed by atoms with Gasteiger partial charge in [0.05, 0.1) is 13.2 Å². The van der Waals surface area contributed by atoms with Gasteiger partial charge in [0.25, 0.3) is 0 Å². The summed E-state index contributed by atoms with van der Waals surface area (Å²) < 4.78 is 16.3. The number of aliphatic hydroxyl groups is 1. The molecule has 0 aromatic carbocycles. The van der Waals surface area contributed by atoms with E-state index in [1.807, 2.05) is 19.9 Å². The van der Waals surface area contributed by atoms with Crippen LogP contribution < -0.4 is 0 Å². The summed E-state index contributed by atoms with van der Waals surface area (Å²) in [5.74, 6) is -1.21. The summed E-state index contributed by atoms with van der Waals surface area (Å²) in [6.07, 6.45) is 7.72. The van der Waals surface area contributed by atoms with E-state index in [0.717, 1.165) is 25.7 Å². The van der Waals surface area contributed by atoms with E-state index < -0.39 is 11.9 Å². The second-order valence-corrected chi connectivity index (χ2v) is 6.02. The highest BCUT2D eigenvalue weighted by Crippen LogP contribution is 2.23. The number of carbonyl (C=O) groups is 1. The van der Waals surface area contributed by atoms with Gasteiger partial charge in [0.1, 0.15) is 12.2 Å². The van der Waals surface area contributed by atoms with Gasteiger partial charge in [-0.25, -0.2) is 0 Å². The van der Waals surface area contributed by atoms with E-state index in [-0.39, 0.29) is 25.3 Å². The van der Waals surface area contributed by atoms with Gasteiger partial charge in [0.2, 0.25) is 0 Å². The highest BCUT2D eigenvalue weighted by atomic mass is 16.7. The van der Waals surface area contributed by atoms with Crippen molar-refractivity contribution in [3.05, 3.63) is 12.7 Å². The van der Waals surface area contributed by atoms with Crippen molar-refractivity contribution in [2.45, 2.75) is 90.6 Å². The molecule has 1 atom stereocenters. The number of allylic oxidation sites excluding steroid dienone is 1. The maximum Gasteiger partial charge on any atom is 0.306 e. The van der Waals surface area contributed by atoms with Crippen LogP contribution in [0.2, 0.25) is 0 Å². The molecule has 1 aliphatic rings. The Labute approximate surface area is 147 Å². The van der Waals surface area contributed by atoms with Crippen LogP contribution in [0.1, 0.15) is 72.6 Å². The van der Waals surface area contributed by atoms with Gasteiger partial charge < -0.3 is 19.3 Å². The smallest absolute Gasteiger partial charge is 0.306 e. The minimum absolute atomic E-state index is 0.205. The molecule has 5 nitrogen and oxygen atoms in total. The van der Waals surface area contributed by atoms with Crippen LogP contribution in [-0.2, 0) is 19.0 Å². The van der Waals surface area contributed by atoms with Crippen LogP contribution >= 0.6 is 0 Å². The lowest BCUT2D eigenvalue weighted by Crippen LogP contribution is -2.51. The van der Waals surface area contributed by atoms with Crippen LogP contribution in [-0.4, -0.2) is 42.3 Å². The van der Waals surface area contributed by atoms with Gasteiger partial charge in [-0.1, -0.05) is 39.2 Å². The molecule has 1 aliphatic heterocycles.